The molecule has 1 aliphatic heterocycles. The minimum Gasteiger partial charge on any atom is -0.489 e. The maximum absolute atomic E-state index is 13.1. The van der Waals surface area contributed by atoms with Crippen molar-refractivity contribution in [2.45, 2.75) is 18.9 Å². The van der Waals surface area contributed by atoms with E-state index in [1.54, 1.807) is 19.2 Å². The molecule has 2 aromatic carbocycles. The number of aromatic nitrogens is 1. The number of benzene rings is 2. The van der Waals surface area contributed by atoms with E-state index in [1.165, 1.54) is 23.5 Å². The number of carbonyl (C=O) groups excluding carboxylic acids is 1. The van der Waals surface area contributed by atoms with Crippen LogP contribution in [-0.2, 0) is 11.4 Å². The van der Waals surface area contributed by atoms with Gasteiger partial charge in [-0.3, -0.25) is 4.79 Å². The third-order valence-corrected chi connectivity index (χ3v) is 5.62. The molecular formula is C20H18FN3O2S. The third kappa shape index (κ3) is 3.64. The number of anilines is 2. The van der Waals surface area contributed by atoms with Crippen LogP contribution in [0, 0.1) is 5.82 Å². The average Bonchev–Trinajstić information content (AvgIpc) is 3.10. The van der Waals surface area contributed by atoms with Crippen molar-refractivity contribution < 1.29 is 13.9 Å². The monoisotopic (exact) mass is 383 g/mol. The fourth-order valence-corrected chi connectivity index (χ4v) is 4.11. The largest absolute Gasteiger partial charge is 0.489 e. The molecule has 0 bridgehead atoms. The van der Waals surface area contributed by atoms with Gasteiger partial charge in [-0.15, -0.1) is 0 Å². The summed E-state index contributed by atoms with van der Waals surface area (Å²) in [5.41, 5.74) is 1.82. The second kappa shape index (κ2) is 7.36. The number of hydrogen-bond acceptors (Lipinski definition) is 5. The third-order valence-electron chi connectivity index (χ3n) is 4.43. The summed E-state index contributed by atoms with van der Waals surface area (Å²) in [6, 6.07) is 13.9. The molecule has 2 N–H and O–H groups in total. The van der Waals surface area contributed by atoms with Crippen molar-refractivity contribution in [2.75, 3.05) is 17.7 Å². The van der Waals surface area contributed by atoms with E-state index in [0.29, 0.717) is 24.6 Å². The van der Waals surface area contributed by atoms with Gasteiger partial charge in [0, 0.05) is 24.9 Å². The topological polar surface area (TPSA) is 63.3 Å². The molecule has 0 saturated carbocycles. The highest BCUT2D eigenvalue weighted by Gasteiger charge is 2.31. The van der Waals surface area contributed by atoms with Crippen LogP contribution in [0.1, 0.15) is 28.3 Å². The SMILES string of the molecule is CNc1nc2c(s1)[C@H](c1ccccc1OCc1ccc(F)cc1)CC(=O)N2. The highest BCUT2D eigenvalue weighted by molar-refractivity contribution is 7.16. The number of carbonyl (C=O) groups is 1. The Balaban J connectivity index is 1.64. The molecule has 138 valence electrons. The first-order valence-electron chi connectivity index (χ1n) is 8.58. The molecule has 0 unspecified atom stereocenters. The number of hydrogen-bond donors (Lipinski definition) is 2. The van der Waals surface area contributed by atoms with Gasteiger partial charge in [0.1, 0.15) is 24.0 Å². The van der Waals surface area contributed by atoms with Crippen molar-refractivity contribution in [3.8, 4) is 5.75 Å². The summed E-state index contributed by atoms with van der Waals surface area (Å²) in [5.74, 6) is 0.878. The zero-order chi connectivity index (χ0) is 18.8. The van der Waals surface area contributed by atoms with Crippen LogP contribution in [0.5, 0.6) is 5.75 Å². The van der Waals surface area contributed by atoms with Crippen LogP contribution in [0.4, 0.5) is 15.3 Å². The molecule has 1 atom stereocenters. The molecule has 1 aliphatic rings. The molecule has 1 aromatic heterocycles. The van der Waals surface area contributed by atoms with Crippen molar-refractivity contribution >= 4 is 28.2 Å². The lowest BCUT2D eigenvalue weighted by Crippen LogP contribution is -2.23. The lowest BCUT2D eigenvalue weighted by atomic mass is 9.91. The first-order valence-corrected chi connectivity index (χ1v) is 9.40. The van der Waals surface area contributed by atoms with Gasteiger partial charge in [0.25, 0.3) is 0 Å². The Morgan fingerprint density at radius 2 is 2.04 bits per heavy atom. The standard InChI is InChI=1S/C20H18FN3O2S/c1-22-20-24-19-18(27-20)15(10-17(25)23-19)14-4-2-3-5-16(14)26-11-12-6-8-13(21)9-7-12/h2-9,15H,10-11H2,1H3,(H,22,24)(H,23,25)/t15-/m0/s1. The zero-order valence-corrected chi connectivity index (χ0v) is 15.5. The number of para-hydroxylation sites is 1. The molecule has 0 fully saturated rings. The number of rotatable bonds is 5. The molecule has 0 saturated heterocycles. The minimum atomic E-state index is -0.273. The van der Waals surface area contributed by atoms with Crippen LogP contribution in [0.2, 0.25) is 0 Å². The van der Waals surface area contributed by atoms with E-state index in [-0.39, 0.29) is 17.6 Å². The van der Waals surface area contributed by atoms with Gasteiger partial charge in [0.15, 0.2) is 5.13 Å². The molecule has 5 nitrogen and oxygen atoms in total. The molecule has 2 heterocycles. The summed E-state index contributed by atoms with van der Waals surface area (Å²) >= 11 is 1.53. The molecule has 1 amide bonds. The quantitative estimate of drug-likeness (QED) is 0.686. The van der Waals surface area contributed by atoms with Gasteiger partial charge in [0.2, 0.25) is 5.91 Å². The van der Waals surface area contributed by atoms with Gasteiger partial charge < -0.3 is 15.4 Å². The van der Waals surface area contributed by atoms with E-state index in [2.05, 4.69) is 15.6 Å². The lowest BCUT2D eigenvalue weighted by molar-refractivity contribution is -0.116. The van der Waals surface area contributed by atoms with Gasteiger partial charge in [0.05, 0.1) is 4.88 Å². The Morgan fingerprint density at radius 3 is 2.81 bits per heavy atom. The Labute approximate surface area is 160 Å². The van der Waals surface area contributed by atoms with Gasteiger partial charge in [-0.05, 0) is 23.8 Å². The van der Waals surface area contributed by atoms with Crippen LogP contribution in [0.15, 0.2) is 48.5 Å². The highest BCUT2D eigenvalue weighted by atomic mass is 32.1. The maximum Gasteiger partial charge on any atom is 0.226 e. The van der Waals surface area contributed by atoms with E-state index in [1.807, 2.05) is 24.3 Å². The fraction of sp³-hybridized carbons (Fsp3) is 0.200. The molecule has 7 heteroatoms. The van der Waals surface area contributed by atoms with Crippen LogP contribution in [-0.4, -0.2) is 17.9 Å². The van der Waals surface area contributed by atoms with Crippen molar-refractivity contribution in [3.05, 3.63) is 70.4 Å². The Morgan fingerprint density at radius 1 is 1.26 bits per heavy atom. The summed E-state index contributed by atoms with van der Waals surface area (Å²) in [4.78, 5) is 17.6. The Bertz CT molecular complexity index is 972. The zero-order valence-electron chi connectivity index (χ0n) is 14.7. The summed E-state index contributed by atoms with van der Waals surface area (Å²) in [7, 11) is 1.81. The Kier molecular flexibility index (Phi) is 4.77. The fourth-order valence-electron chi connectivity index (χ4n) is 3.12. The summed E-state index contributed by atoms with van der Waals surface area (Å²) in [6.07, 6.45) is 0.343. The highest BCUT2D eigenvalue weighted by Crippen LogP contribution is 2.44. The van der Waals surface area contributed by atoms with Crippen molar-refractivity contribution in [2.24, 2.45) is 0 Å². The summed E-state index contributed by atoms with van der Waals surface area (Å²) < 4.78 is 19.1. The van der Waals surface area contributed by atoms with Gasteiger partial charge in [-0.1, -0.05) is 41.7 Å². The van der Waals surface area contributed by atoms with Crippen LogP contribution in [0.3, 0.4) is 0 Å². The maximum atomic E-state index is 13.1. The lowest BCUT2D eigenvalue weighted by Gasteiger charge is -2.23. The molecule has 27 heavy (non-hydrogen) atoms. The first kappa shape index (κ1) is 17.5. The van der Waals surface area contributed by atoms with Crippen molar-refractivity contribution in [1.29, 1.82) is 0 Å². The van der Waals surface area contributed by atoms with E-state index in [9.17, 15) is 9.18 Å². The van der Waals surface area contributed by atoms with E-state index >= 15 is 0 Å². The second-order valence-electron chi connectivity index (χ2n) is 6.24. The number of thiazole rings is 1. The van der Waals surface area contributed by atoms with E-state index in [4.69, 9.17) is 4.74 Å². The van der Waals surface area contributed by atoms with Crippen LogP contribution in [0.25, 0.3) is 0 Å². The molecule has 0 spiro atoms. The first-order chi connectivity index (χ1) is 13.1. The molecular weight excluding hydrogens is 365 g/mol. The van der Waals surface area contributed by atoms with E-state index in [0.717, 1.165) is 21.1 Å². The molecule has 4 rings (SSSR count). The van der Waals surface area contributed by atoms with Gasteiger partial charge in [-0.25, -0.2) is 9.37 Å². The van der Waals surface area contributed by atoms with Crippen LogP contribution < -0.4 is 15.4 Å². The van der Waals surface area contributed by atoms with Crippen molar-refractivity contribution in [3.63, 3.8) is 0 Å². The van der Waals surface area contributed by atoms with E-state index < -0.39 is 0 Å². The Hall–Kier alpha value is -2.93. The number of amides is 1. The predicted octanol–water partition coefficient (Wildman–Crippen LogP) is 4.38. The minimum absolute atomic E-state index is 0.0613. The average molecular weight is 383 g/mol. The number of nitrogens with one attached hydrogen (secondary N) is 2. The predicted molar refractivity (Wildman–Crippen MR) is 104 cm³/mol. The number of halogens is 1. The number of nitrogens with zero attached hydrogens (tertiary/aromatic N) is 1. The van der Waals surface area contributed by atoms with Crippen molar-refractivity contribution in [1.82, 2.24) is 4.98 Å². The smallest absolute Gasteiger partial charge is 0.226 e. The molecule has 0 radical (unpaired) electrons. The van der Waals surface area contributed by atoms with Gasteiger partial charge >= 0.3 is 0 Å². The number of ether oxygens (including phenoxy) is 1. The van der Waals surface area contributed by atoms with Crippen LogP contribution >= 0.6 is 11.3 Å². The van der Waals surface area contributed by atoms with Gasteiger partial charge in [-0.2, -0.15) is 0 Å². The normalized spacial score (nSPS) is 15.8. The number of fused-ring (bicyclic) bond motifs is 1. The molecule has 3 aromatic rings. The molecule has 0 aliphatic carbocycles. The second-order valence-corrected chi connectivity index (χ2v) is 7.27. The summed E-state index contributed by atoms with van der Waals surface area (Å²) in [6.45, 7) is 0.327. The summed E-state index contributed by atoms with van der Waals surface area (Å²) in [5, 5.41) is 6.63.